The lowest BCUT2D eigenvalue weighted by molar-refractivity contribution is -0.0914. The summed E-state index contributed by atoms with van der Waals surface area (Å²) in [5.41, 5.74) is 2.01. The van der Waals surface area contributed by atoms with E-state index in [4.69, 9.17) is 9.47 Å². The molecule has 1 aromatic carbocycles. The molecular formula is C13H17N3O2. The van der Waals surface area contributed by atoms with E-state index in [1.165, 1.54) is 0 Å². The number of aromatic nitrogens is 2. The Morgan fingerprint density at radius 1 is 1.28 bits per heavy atom. The van der Waals surface area contributed by atoms with E-state index in [0.29, 0.717) is 6.54 Å². The zero-order valence-corrected chi connectivity index (χ0v) is 10.5. The van der Waals surface area contributed by atoms with Crippen molar-refractivity contribution in [1.82, 2.24) is 9.78 Å². The second-order valence-electron chi connectivity index (χ2n) is 3.78. The van der Waals surface area contributed by atoms with Gasteiger partial charge in [0.15, 0.2) is 6.29 Å². The van der Waals surface area contributed by atoms with Crippen LogP contribution >= 0.6 is 0 Å². The lowest BCUT2D eigenvalue weighted by atomic mass is 10.3. The van der Waals surface area contributed by atoms with Crippen LogP contribution in [0.15, 0.2) is 42.7 Å². The van der Waals surface area contributed by atoms with Crippen LogP contribution in [0.3, 0.4) is 0 Å². The Bertz CT molecular complexity index is 467. The summed E-state index contributed by atoms with van der Waals surface area (Å²) in [6.45, 7) is 0.593. The van der Waals surface area contributed by atoms with Crippen LogP contribution in [0.5, 0.6) is 0 Å². The molecule has 0 spiro atoms. The first kappa shape index (κ1) is 12.6. The number of anilines is 1. The molecule has 1 N–H and O–H groups in total. The number of rotatable bonds is 6. The molecule has 18 heavy (non-hydrogen) atoms. The first-order chi connectivity index (χ1) is 8.83. The average Bonchev–Trinajstić information content (AvgIpc) is 2.94. The molecule has 0 atom stereocenters. The maximum absolute atomic E-state index is 5.12. The molecule has 0 unspecified atom stereocenters. The second kappa shape index (κ2) is 6.18. The van der Waals surface area contributed by atoms with Crippen LogP contribution in [-0.4, -0.2) is 36.8 Å². The predicted molar refractivity (Wildman–Crippen MR) is 69.9 cm³/mol. The van der Waals surface area contributed by atoms with Gasteiger partial charge in [0.2, 0.25) is 0 Å². The lowest BCUT2D eigenvalue weighted by Crippen LogP contribution is -2.23. The monoisotopic (exact) mass is 247 g/mol. The highest BCUT2D eigenvalue weighted by molar-refractivity contribution is 5.50. The Kier molecular flexibility index (Phi) is 4.33. The molecule has 1 heterocycles. The van der Waals surface area contributed by atoms with Crippen molar-refractivity contribution in [1.29, 1.82) is 0 Å². The van der Waals surface area contributed by atoms with Crippen molar-refractivity contribution in [2.75, 3.05) is 26.1 Å². The average molecular weight is 247 g/mol. The molecular weight excluding hydrogens is 230 g/mol. The van der Waals surface area contributed by atoms with Gasteiger partial charge in [-0.05, 0) is 24.3 Å². The Hall–Kier alpha value is -1.85. The van der Waals surface area contributed by atoms with E-state index in [9.17, 15) is 0 Å². The van der Waals surface area contributed by atoms with Crippen molar-refractivity contribution in [3.05, 3.63) is 42.7 Å². The van der Waals surface area contributed by atoms with Crippen LogP contribution in [0.1, 0.15) is 0 Å². The van der Waals surface area contributed by atoms with Gasteiger partial charge in [-0.25, -0.2) is 4.68 Å². The van der Waals surface area contributed by atoms with Crippen LogP contribution in [0.4, 0.5) is 5.69 Å². The lowest BCUT2D eigenvalue weighted by Gasteiger charge is -2.15. The minimum Gasteiger partial charge on any atom is -0.380 e. The SMILES string of the molecule is COC(CNc1cccc(-n2cccn2)c1)OC. The molecule has 0 saturated heterocycles. The summed E-state index contributed by atoms with van der Waals surface area (Å²) in [5.74, 6) is 0. The molecule has 0 aliphatic heterocycles. The Morgan fingerprint density at radius 2 is 2.11 bits per heavy atom. The zero-order chi connectivity index (χ0) is 12.8. The highest BCUT2D eigenvalue weighted by atomic mass is 16.7. The minimum absolute atomic E-state index is 0.252. The largest absolute Gasteiger partial charge is 0.380 e. The summed E-state index contributed by atoms with van der Waals surface area (Å²) in [6.07, 6.45) is 3.41. The minimum atomic E-state index is -0.252. The van der Waals surface area contributed by atoms with Crippen LogP contribution in [0, 0.1) is 0 Å². The van der Waals surface area contributed by atoms with Gasteiger partial charge in [-0.1, -0.05) is 6.07 Å². The van der Waals surface area contributed by atoms with E-state index in [1.54, 1.807) is 20.4 Å². The van der Waals surface area contributed by atoms with E-state index < -0.39 is 0 Å². The number of ether oxygens (including phenoxy) is 2. The number of hydrogen-bond donors (Lipinski definition) is 1. The van der Waals surface area contributed by atoms with Gasteiger partial charge in [0.25, 0.3) is 0 Å². The molecule has 0 amide bonds. The number of methoxy groups -OCH3 is 2. The number of nitrogens with zero attached hydrogens (tertiary/aromatic N) is 2. The summed E-state index contributed by atoms with van der Waals surface area (Å²) < 4.78 is 12.1. The van der Waals surface area contributed by atoms with Gasteiger partial charge in [-0.3, -0.25) is 0 Å². The predicted octanol–water partition coefficient (Wildman–Crippen LogP) is 1.90. The van der Waals surface area contributed by atoms with Crippen LogP contribution in [-0.2, 0) is 9.47 Å². The number of hydrogen-bond acceptors (Lipinski definition) is 4. The van der Waals surface area contributed by atoms with Crippen molar-refractivity contribution in [2.45, 2.75) is 6.29 Å². The fraction of sp³-hybridized carbons (Fsp3) is 0.308. The Balaban J connectivity index is 2.04. The van der Waals surface area contributed by atoms with Crippen molar-refractivity contribution >= 4 is 5.69 Å². The standard InChI is InChI=1S/C13H17N3O2/c1-17-13(18-2)10-14-11-5-3-6-12(9-11)16-8-4-7-15-16/h3-9,13-14H,10H2,1-2H3. The molecule has 1 aromatic heterocycles. The molecule has 0 radical (unpaired) electrons. The summed E-state index contributed by atoms with van der Waals surface area (Å²) in [4.78, 5) is 0. The quantitative estimate of drug-likeness (QED) is 0.792. The first-order valence-electron chi connectivity index (χ1n) is 5.73. The van der Waals surface area contributed by atoms with Gasteiger partial charge in [0, 0.05) is 32.3 Å². The maximum Gasteiger partial charge on any atom is 0.173 e. The molecule has 0 bridgehead atoms. The molecule has 2 rings (SSSR count). The molecule has 0 aliphatic carbocycles. The fourth-order valence-corrected chi connectivity index (χ4v) is 1.64. The molecule has 5 nitrogen and oxygen atoms in total. The Labute approximate surface area is 106 Å². The third-order valence-corrected chi connectivity index (χ3v) is 2.61. The molecule has 0 aliphatic rings. The first-order valence-corrected chi connectivity index (χ1v) is 5.73. The van der Waals surface area contributed by atoms with E-state index in [2.05, 4.69) is 10.4 Å². The fourth-order valence-electron chi connectivity index (χ4n) is 1.64. The number of nitrogens with one attached hydrogen (secondary N) is 1. The van der Waals surface area contributed by atoms with Crippen molar-refractivity contribution in [3.63, 3.8) is 0 Å². The molecule has 5 heteroatoms. The molecule has 96 valence electrons. The third kappa shape index (κ3) is 3.09. The topological polar surface area (TPSA) is 48.3 Å². The van der Waals surface area contributed by atoms with Gasteiger partial charge < -0.3 is 14.8 Å². The molecule has 0 fully saturated rings. The van der Waals surface area contributed by atoms with E-state index >= 15 is 0 Å². The van der Waals surface area contributed by atoms with E-state index in [1.807, 2.05) is 41.2 Å². The normalized spacial score (nSPS) is 10.8. The van der Waals surface area contributed by atoms with E-state index in [-0.39, 0.29) is 6.29 Å². The van der Waals surface area contributed by atoms with Gasteiger partial charge in [-0.2, -0.15) is 5.10 Å². The smallest absolute Gasteiger partial charge is 0.173 e. The Morgan fingerprint density at radius 3 is 2.78 bits per heavy atom. The summed E-state index contributed by atoms with van der Waals surface area (Å²) in [6, 6.07) is 9.90. The highest BCUT2D eigenvalue weighted by Crippen LogP contribution is 2.14. The van der Waals surface area contributed by atoms with Gasteiger partial charge in [0.1, 0.15) is 0 Å². The van der Waals surface area contributed by atoms with Crippen molar-refractivity contribution in [2.24, 2.45) is 0 Å². The molecule has 0 saturated carbocycles. The highest BCUT2D eigenvalue weighted by Gasteiger charge is 2.04. The summed E-state index contributed by atoms with van der Waals surface area (Å²) in [7, 11) is 3.24. The van der Waals surface area contributed by atoms with Crippen molar-refractivity contribution in [3.8, 4) is 5.69 Å². The summed E-state index contributed by atoms with van der Waals surface area (Å²) in [5, 5.41) is 7.45. The van der Waals surface area contributed by atoms with Crippen LogP contribution in [0.2, 0.25) is 0 Å². The maximum atomic E-state index is 5.12. The summed E-state index contributed by atoms with van der Waals surface area (Å²) >= 11 is 0. The second-order valence-corrected chi connectivity index (χ2v) is 3.78. The third-order valence-electron chi connectivity index (χ3n) is 2.61. The molecule has 2 aromatic rings. The van der Waals surface area contributed by atoms with Crippen molar-refractivity contribution < 1.29 is 9.47 Å². The van der Waals surface area contributed by atoms with Crippen LogP contribution in [0.25, 0.3) is 5.69 Å². The van der Waals surface area contributed by atoms with Gasteiger partial charge in [0.05, 0.1) is 12.2 Å². The van der Waals surface area contributed by atoms with Crippen LogP contribution < -0.4 is 5.32 Å². The van der Waals surface area contributed by atoms with Gasteiger partial charge in [-0.15, -0.1) is 0 Å². The van der Waals surface area contributed by atoms with E-state index in [0.717, 1.165) is 11.4 Å². The zero-order valence-electron chi connectivity index (χ0n) is 10.5. The number of benzene rings is 1. The van der Waals surface area contributed by atoms with Gasteiger partial charge >= 0.3 is 0 Å².